The predicted octanol–water partition coefficient (Wildman–Crippen LogP) is 3.95. The number of halogens is 2. The Morgan fingerprint density at radius 2 is 1.95 bits per heavy atom. The number of aryl methyl sites for hydroxylation is 2. The van der Waals surface area contributed by atoms with Crippen LogP contribution in [0.2, 0.25) is 0 Å². The number of hydrogen-bond acceptors (Lipinski definition) is 2. The third-order valence-electron chi connectivity index (χ3n) is 3.46. The van der Waals surface area contributed by atoms with Crippen molar-refractivity contribution in [2.45, 2.75) is 26.3 Å². The van der Waals surface area contributed by atoms with Gasteiger partial charge < -0.3 is 0 Å². The molecule has 2 aromatic carbocycles. The molecule has 20 heavy (non-hydrogen) atoms. The molecule has 4 heteroatoms. The van der Waals surface area contributed by atoms with Crippen LogP contribution in [-0.4, -0.2) is 0 Å². The van der Waals surface area contributed by atoms with Crippen molar-refractivity contribution in [3.8, 4) is 0 Å². The first-order chi connectivity index (χ1) is 9.51. The summed E-state index contributed by atoms with van der Waals surface area (Å²) in [6, 6.07) is 11.0. The Labute approximate surface area is 127 Å². The van der Waals surface area contributed by atoms with Crippen LogP contribution in [0.5, 0.6) is 0 Å². The average molecular weight is 337 g/mol. The molecule has 0 amide bonds. The van der Waals surface area contributed by atoms with Crippen LogP contribution in [0.25, 0.3) is 0 Å². The zero-order valence-corrected chi connectivity index (χ0v) is 13.2. The van der Waals surface area contributed by atoms with Crippen molar-refractivity contribution < 1.29 is 4.39 Å². The maximum Gasteiger partial charge on any atom is 0.123 e. The standard InChI is InChI=1S/C16H18BrFN2/c1-10-3-6-14(15(17)7-10)16(20-19)9-12-4-5-13(18)8-11(12)2/h3-8,16,20H,9,19H2,1-2H3. The molecule has 0 aliphatic heterocycles. The highest BCUT2D eigenvalue weighted by Crippen LogP contribution is 2.27. The molecule has 0 bridgehead atoms. The Morgan fingerprint density at radius 1 is 1.20 bits per heavy atom. The molecule has 106 valence electrons. The molecule has 3 N–H and O–H groups in total. The number of nitrogens with two attached hydrogens (primary N) is 1. The molecule has 2 nitrogen and oxygen atoms in total. The molecule has 0 saturated carbocycles. The van der Waals surface area contributed by atoms with Crippen LogP contribution in [0.4, 0.5) is 4.39 Å². The summed E-state index contributed by atoms with van der Waals surface area (Å²) in [5.41, 5.74) is 7.16. The highest BCUT2D eigenvalue weighted by Gasteiger charge is 2.15. The van der Waals surface area contributed by atoms with Crippen LogP contribution in [0, 0.1) is 19.7 Å². The van der Waals surface area contributed by atoms with Crippen LogP contribution in [0.1, 0.15) is 28.3 Å². The SMILES string of the molecule is Cc1ccc(C(Cc2ccc(F)cc2C)NN)c(Br)c1. The summed E-state index contributed by atoms with van der Waals surface area (Å²) < 4.78 is 14.2. The van der Waals surface area contributed by atoms with Gasteiger partial charge in [-0.25, -0.2) is 4.39 Å². The fourth-order valence-corrected chi connectivity index (χ4v) is 3.05. The lowest BCUT2D eigenvalue weighted by molar-refractivity contribution is 0.547. The molecular weight excluding hydrogens is 319 g/mol. The van der Waals surface area contributed by atoms with Crippen LogP contribution in [0.15, 0.2) is 40.9 Å². The normalized spacial score (nSPS) is 12.4. The fourth-order valence-electron chi connectivity index (χ4n) is 2.28. The van der Waals surface area contributed by atoms with Crippen molar-refractivity contribution in [2.75, 3.05) is 0 Å². The van der Waals surface area contributed by atoms with Crippen molar-refractivity contribution in [1.82, 2.24) is 5.43 Å². The topological polar surface area (TPSA) is 38.0 Å². The highest BCUT2D eigenvalue weighted by molar-refractivity contribution is 9.10. The van der Waals surface area contributed by atoms with Gasteiger partial charge >= 0.3 is 0 Å². The van der Waals surface area contributed by atoms with Crippen LogP contribution < -0.4 is 11.3 Å². The van der Waals surface area contributed by atoms with Gasteiger partial charge in [0.25, 0.3) is 0 Å². The first-order valence-corrected chi connectivity index (χ1v) is 7.27. The number of nitrogens with one attached hydrogen (secondary N) is 1. The second-order valence-corrected chi connectivity index (χ2v) is 5.87. The van der Waals surface area contributed by atoms with Gasteiger partial charge in [0.05, 0.1) is 6.04 Å². The van der Waals surface area contributed by atoms with Crippen molar-refractivity contribution >= 4 is 15.9 Å². The Hall–Kier alpha value is -1.23. The maximum atomic E-state index is 13.2. The van der Waals surface area contributed by atoms with E-state index in [1.807, 2.05) is 19.9 Å². The zero-order chi connectivity index (χ0) is 14.7. The van der Waals surface area contributed by atoms with Crippen molar-refractivity contribution in [3.05, 3.63) is 68.9 Å². The summed E-state index contributed by atoms with van der Waals surface area (Å²) in [6.07, 6.45) is 0.713. The summed E-state index contributed by atoms with van der Waals surface area (Å²) in [4.78, 5) is 0. The summed E-state index contributed by atoms with van der Waals surface area (Å²) >= 11 is 3.58. The van der Waals surface area contributed by atoms with E-state index < -0.39 is 0 Å². The third-order valence-corrected chi connectivity index (χ3v) is 4.15. The number of rotatable bonds is 4. The monoisotopic (exact) mass is 336 g/mol. The van der Waals surface area contributed by atoms with Gasteiger partial charge in [-0.2, -0.15) is 0 Å². The van der Waals surface area contributed by atoms with Gasteiger partial charge in [0.2, 0.25) is 0 Å². The minimum absolute atomic E-state index is 0.0193. The summed E-state index contributed by atoms with van der Waals surface area (Å²) in [6.45, 7) is 3.96. The van der Waals surface area contributed by atoms with Gasteiger partial charge in [-0.1, -0.05) is 34.1 Å². The Bertz CT molecular complexity index is 613. The van der Waals surface area contributed by atoms with Gasteiger partial charge in [-0.05, 0) is 60.7 Å². The molecular formula is C16H18BrFN2. The highest BCUT2D eigenvalue weighted by atomic mass is 79.9. The summed E-state index contributed by atoms with van der Waals surface area (Å²) in [7, 11) is 0. The molecule has 0 spiro atoms. The Morgan fingerprint density at radius 3 is 2.55 bits per heavy atom. The van der Waals surface area contributed by atoms with Gasteiger partial charge in [0.1, 0.15) is 5.82 Å². The number of hydrogen-bond donors (Lipinski definition) is 2. The lowest BCUT2D eigenvalue weighted by Gasteiger charge is -2.19. The lowest BCUT2D eigenvalue weighted by atomic mass is 9.96. The molecule has 1 atom stereocenters. The Kier molecular flexibility index (Phi) is 4.91. The lowest BCUT2D eigenvalue weighted by Crippen LogP contribution is -2.30. The summed E-state index contributed by atoms with van der Waals surface area (Å²) in [5.74, 6) is 5.49. The molecule has 1 unspecified atom stereocenters. The molecule has 0 radical (unpaired) electrons. The van der Waals surface area contributed by atoms with E-state index in [2.05, 4.69) is 39.6 Å². The predicted molar refractivity (Wildman–Crippen MR) is 83.8 cm³/mol. The van der Waals surface area contributed by atoms with Crippen molar-refractivity contribution in [1.29, 1.82) is 0 Å². The van der Waals surface area contributed by atoms with E-state index in [0.717, 1.165) is 21.2 Å². The molecule has 0 aliphatic carbocycles. The fraction of sp³-hybridized carbons (Fsp3) is 0.250. The van der Waals surface area contributed by atoms with Crippen LogP contribution in [0.3, 0.4) is 0 Å². The average Bonchev–Trinajstić information content (AvgIpc) is 2.39. The van der Waals surface area contributed by atoms with E-state index >= 15 is 0 Å². The quantitative estimate of drug-likeness (QED) is 0.655. The zero-order valence-electron chi connectivity index (χ0n) is 11.6. The van der Waals surface area contributed by atoms with Gasteiger partial charge in [0.15, 0.2) is 0 Å². The van der Waals surface area contributed by atoms with E-state index in [0.29, 0.717) is 6.42 Å². The van der Waals surface area contributed by atoms with Crippen molar-refractivity contribution in [2.24, 2.45) is 5.84 Å². The molecule has 0 fully saturated rings. The minimum atomic E-state index is -0.208. The maximum absolute atomic E-state index is 13.2. The second kappa shape index (κ2) is 6.48. The van der Waals surface area contributed by atoms with E-state index in [1.165, 1.54) is 11.6 Å². The molecule has 0 heterocycles. The van der Waals surface area contributed by atoms with Crippen LogP contribution in [-0.2, 0) is 6.42 Å². The largest absolute Gasteiger partial charge is 0.271 e. The molecule has 0 aliphatic rings. The molecule has 2 aromatic rings. The van der Waals surface area contributed by atoms with E-state index in [4.69, 9.17) is 5.84 Å². The third kappa shape index (κ3) is 3.45. The van der Waals surface area contributed by atoms with E-state index in [9.17, 15) is 4.39 Å². The van der Waals surface area contributed by atoms with Gasteiger partial charge in [0, 0.05) is 4.47 Å². The van der Waals surface area contributed by atoms with E-state index in [-0.39, 0.29) is 11.9 Å². The molecule has 0 saturated heterocycles. The second-order valence-electron chi connectivity index (χ2n) is 5.02. The minimum Gasteiger partial charge on any atom is -0.271 e. The van der Waals surface area contributed by atoms with Crippen molar-refractivity contribution in [3.63, 3.8) is 0 Å². The smallest absolute Gasteiger partial charge is 0.123 e. The summed E-state index contributed by atoms with van der Waals surface area (Å²) in [5, 5.41) is 0. The Balaban J connectivity index is 2.28. The first-order valence-electron chi connectivity index (χ1n) is 6.48. The van der Waals surface area contributed by atoms with E-state index in [1.54, 1.807) is 6.07 Å². The number of hydrazine groups is 1. The van der Waals surface area contributed by atoms with Gasteiger partial charge in [-0.15, -0.1) is 0 Å². The van der Waals surface area contributed by atoms with Gasteiger partial charge in [-0.3, -0.25) is 11.3 Å². The molecule has 2 rings (SSSR count). The van der Waals surface area contributed by atoms with Crippen LogP contribution >= 0.6 is 15.9 Å². The first kappa shape index (κ1) is 15.2. The number of benzene rings is 2. The molecule has 0 aromatic heterocycles.